The molecular formula is C13H18N4O8. The molecule has 25 heavy (non-hydrogen) atoms. The number of carboxylic acid groups (broad SMARTS) is 1. The number of hydrogen-bond donors (Lipinski definition) is 6. The maximum Gasteiger partial charge on any atom is 0.351 e. The van der Waals surface area contributed by atoms with Crippen LogP contribution in [0.5, 0.6) is 0 Å². The van der Waals surface area contributed by atoms with Crippen molar-refractivity contribution in [3.63, 3.8) is 0 Å². The number of aliphatic hydroxyl groups excluding tert-OH is 3. The van der Waals surface area contributed by atoms with E-state index in [1.54, 1.807) is 0 Å². The van der Waals surface area contributed by atoms with Crippen LogP contribution in [0.1, 0.15) is 12.6 Å². The third-order valence-corrected chi connectivity index (χ3v) is 3.67. The first-order chi connectivity index (χ1) is 11.7. The molecule has 1 amide bonds. The Morgan fingerprint density at radius 1 is 1.40 bits per heavy atom. The van der Waals surface area contributed by atoms with Crippen molar-refractivity contribution in [2.45, 2.75) is 37.0 Å². The van der Waals surface area contributed by atoms with Crippen molar-refractivity contribution >= 4 is 17.7 Å². The number of carbonyl (C=O) groups excluding carboxylic acids is 1. The van der Waals surface area contributed by atoms with Crippen LogP contribution in [-0.2, 0) is 14.3 Å². The molecule has 0 saturated carbocycles. The monoisotopic (exact) mass is 358 g/mol. The van der Waals surface area contributed by atoms with E-state index in [4.69, 9.17) is 20.7 Å². The van der Waals surface area contributed by atoms with Gasteiger partial charge in [-0.1, -0.05) is 0 Å². The van der Waals surface area contributed by atoms with E-state index in [9.17, 15) is 24.6 Å². The summed E-state index contributed by atoms with van der Waals surface area (Å²) >= 11 is 0. The van der Waals surface area contributed by atoms with Gasteiger partial charge in [-0.15, -0.1) is 0 Å². The molecule has 1 aliphatic heterocycles. The average Bonchev–Trinajstić information content (AvgIpc) is 2.82. The van der Waals surface area contributed by atoms with Gasteiger partial charge < -0.3 is 36.2 Å². The number of aliphatic carboxylic acids is 1. The summed E-state index contributed by atoms with van der Waals surface area (Å²) in [7, 11) is 0. The zero-order chi connectivity index (χ0) is 18.7. The fraction of sp³-hybridized carbons (Fsp3) is 0.538. The van der Waals surface area contributed by atoms with E-state index in [1.807, 2.05) is 0 Å². The molecule has 1 aliphatic rings. The number of anilines is 1. The molecule has 1 aromatic heterocycles. The van der Waals surface area contributed by atoms with E-state index in [0.717, 1.165) is 4.57 Å². The van der Waals surface area contributed by atoms with Crippen LogP contribution in [-0.4, -0.2) is 72.8 Å². The molecule has 0 spiro atoms. The van der Waals surface area contributed by atoms with Crippen LogP contribution >= 0.6 is 0 Å². The number of nitrogens with two attached hydrogens (primary N) is 1. The van der Waals surface area contributed by atoms with E-state index < -0.39 is 61.2 Å². The molecule has 7 N–H and O–H groups in total. The van der Waals surface area contributed by atoms with Crippen molar-refractivity contribution < 1.29 is 34.8 Å². The van der Waals surface area contributed by atoms with Gasteiger partial charge in [0.05, 0.1) is 13.0 Å². The standard InChI is InChI=1S/C13H18N4O8/c14-11(23)5(3-8(19)20)15-7-1-2-17(13(24)16-7)12-10(22)9(21)6(4-18)25-12/h1-2,5-6,9-10,12,18,21-22H,3-4H2,(H2,14,23)(H,19,20)(H,15,16,24)/t5-,6+,9+,10-,12+/m0/s1. The highest BCUT2D eigenvalue weighted by Crippen LogP contribution is 2.28. The number of hydrogen-bond acceptors (Lipinski definition) is 9. The lowest BCUT2D eigenvalue weighted by molar-refractivity contribution is -0.138. The largest absolute Gasteiger partial charge is 0.481 e. The molecule has 0 unspecified atom stereocenters. The molecule has 0 radical (unpaired) electrons. The van der Waals surface area contributed by atoms with Crippen LogP contribution in [0, 0.1) is 0 Å². The number of aliphatic hydroxyl groups is 3. The SMILES string of the molecule is NC(=O)[C@H](CC(=O)O)Nc1ccn([C@@H]2O[C@H](CO)[C@@H](O)[C@@H]2O)c(=O)n1. The number of nitrogens with one attached hydrogen (secondary N) is 1. The number of rotatable bonds is 7. The van der Waals surface area contributed by atoms with Gasteiger partial charge in [0, 0.05) is 6.20 Å². The molecule has 1 fully saturated rings. The van der Waals surface area contributed by atoms with Gasteiger partial charge in [-0.3, -0.25) is 14.2 Å². The molecule has 2 rings (SSSR count). The van der Waals surface area contributed by atoms with Crippen molar-refractivity contribution in [1.29, 1.82) is 0 Å². The highest BCUT2D eigenvalue weighted by Gasteiger charge is 2.43. The van der Waals surface area contributed by atoms with Gasteiger partial charge in [-0.25, -0.2) is 4.79 Å². The molecule has 12 heteroatoms. The zero-order valence-electron chi connectivity index (χ0n) is 12.8. The van der Waals surface area contributed by atoms with Crippen molar-refractivity contribution in [2.24, 2.45) is 5.73 Å². The molecule has 0 bridgehead atoms. The van der Waals surface area contributed by atoms with Gasteiger partial charge >= 0.3 is 11.7 Å². The van der Waals surface area contributed by atoms with Crippen LogP contribution in [0.2, 0.25) is 0 Å². The van der Waals surface area contributed by atoms with Crippen LogP contribution in [0.25, 0.3) is 0 Å². The van der Waals surface area contributed by atoms with E-state index in [2.05, 4.69) is 10.3 Å². The Labute approximate surface area is 140 Å². The van der Waals surface area contributed by atoms with Gasteiger partial charge in [0.25, 0.3) is 0 Å². The van der Waals surface area contributed by atoms with Crippen LogP contribution in [0.3, 0.4) is 0 Å². The molecule has 1 aromatic rings. The Morgan fingerprint density at radius 2 is 2.08 bits per heavy atom. The third-order valence-electron chi connectivity index (χ3n) is 3.67. The lowest BCUT2D eigenvalue weighted by Crippen LogP contribution is -2.39. The Kier molecular flexibility index (Phi) is 5.69. The van der Waals surface area contributed by atoms with Crippen molar-refractivity contribution in [1.82, 2.24) is 9.55 Å². The maximum absolute atomic E-state index is 12.1. The second-order valence-corrected chi connectivity index (χ2v) is 5.43. The van der Waals surface area contributed by atoms with Crippen molar-refractivity contribution in [3.8, 4) is 0 Å². The predicted molar refractivity (Wildman–Crippen MR) is 80.4 cm³/mol. The van der Waals surface area contributed by atoms with Gasteiger partial charge in [-0.2, -0.15) is 4.98 Å². The number of amides is 1. The van der Waals surface area contributed by atoms with Gasteiger partial charge in [0.1, 0.15) is 30.2 Å². The minimum Gasteiger partial charge on any atom is -0.481 e. The molecule has 0 aromatic carbocycles. The zero-order valence-corrected chi connectivity index (χ0v) is 12.8. The second kappa shape index (κ2) is 7.57. The smallest absolute Gasteiger partial charge is 0.351 e. The summed E-state index contributed by atoms with van der Waals surface area (Å²) in [6.45, 7) is -0.550. The number of ether oxygens (including phenoxy) is 1. The molecule has 1 saturated heterocycles. The third kappa shape index (κ3) is 4.11. The topological polar surface area (TPSA) is 197 Å². The quantitative estimate of drug-likeness (QED) is 0.285. The number of carbonyl (C=O) groups is 2. The highest BCUT2D eigenvalue weighted by atomic mass is 16.6. The molecule has 12 nitrogen and oxygen atoms in total. The minimum atomic E-state index is -1.46. The van der Waals surface area contributed by atoms with E-state index >= 15 is 0 Å². The van der Waals surface area contributed by atoms with Crippen LogP contribution in [0.4, 0.5) is 5.82 Å². The molecular weight excluding hydrogens is 340 g/mol. The van der Waals surface area contributed by atoms with E-state index in [1.165, 1.54) is 12.3 Å². The highest BCUT2D eigenvalue weighted by molar-refractivity contribution is 5.87. The Balaban J connectivity index is 2.19. The minimum absolute atomic E-state index is 0.0990. The van der Waals surface area contributed by atoms with Crippen LogP contribution < -0.4 is 16.7 Å². The maximum atomic E-state index is 12.1. The predicted octanol–water partition coefficient (Wildman–Crippen LogP) is -3.40. The Morgan fingerprint density at radius 3 is 2.56 bits per heavy atom. The fourth-order valence-electron chi connectivity index (χ4n) is 2.37. The van der Waals surface area contributed by atoms with Crippen molar-refractivity contribution in [3.05, 3.63) is 22.7 Å². The summed E-state index contributed by atoms with van der Waals surface area (Å²) < 4.78 is 6.11. The normalized spacial score (nSPS) is 27.0. The molecule has 138 valence electrons. The van der Waals surface area contributed by atoms with Gasteiger partial charge in [-0.05, 0) is 6.07 Å². The number of nitrogens with zero attached hydrogens (tertiary/aromatic N) is 2. The van der Waals surface area contributed by atoms with Crippen LogP contribution in [0.15, 0.2) is 17.1 Å². The second-order valence-electron chi connectivity index (χ2n) is 5.43. The van der Waals surface area contributed by atoms with Crippen molar-refractivity contribution in [2.75, 3.05) is 11.9 Å². The molecule has 2 heterocycles. The number of primary amides is 1. The Hall–Kier alpha value is -2.54. The first-order valence-electron chi connectivity index (χ1n) is 7.24. The first kappa shape index (κ1) is 18.8. The van der Waals surface area contributed by atoms with Gasteiger partial charge in [0.2, 0.25) is 5.91 Å². The summed E-state index contributed by atoms with van der Waals surface area (Å²) in [5.74, 6) is -2.30. The molecule has 0 aliphatic carbocycles. The summed E-state index contributed by atoms with van der Waals surface area (Å²) in [5.41, 5.74) is 4.19. The summed E-state index contributed by atoms with van der Waals surface area (Å²) in [6, 6.07) is -0.0253. The average molecular weight is 358 g/mol. The van der Waals surface area contributed by atoms with Gasteiger partial charge in [0.15, 0.2) is 6.23 Å². The summed E-state index contributed by atoms with van der Waals surface area (Å²) in [5, 5.41) is 39.8. The Bertz CT molecular complexity index is 708. The van der Waals surface area contributed by atoms with E-state index in [0.29, 0.717) is 0 Å². The lowest BCUT2D eigenvalue weighted by atomic mass is 10.1. The summed E-state index contributed by atoms with van der Waals surface area (Å²) in [6.07, 6.45) is -4.58. The fourth-order valence-corrected chi connectivity index (χ4v) is 2.37. The first-order valence-corrected chi connectivity index (χ1v) is 7.24. The molecule has 5 atom stereocenters. The number of carboxylic acids is 1. The number of aromatic nitrogens is 2. The van der Waals surface area contributed by atoms with E-state index in [-0.39, 0.29) is 5.82 Å². The lowest BCUT2D eigenvalue weighted by Gasteiger charge is -2.18. The summed E-state index contributed by atoms with van der Waals surface area (Å²) in [4.78, 5) is 37.6.